The van der Waals surface area contributed by atoms with Crippen molar-refractivity contribution in [2.45, 2.75) is 32.9 Å². The lowest BCUT2D eigenvalue weighted by Gasteiger charge is -2.22. The minimum atomic E-state index is -0.435. The third-order valence-corrected chi connectivity index (χ3v) is 3.60. The number of aliphatic hydroxyl groups excluding tert-OH is 1. The number of nitrogens with two attached hydrogens (primary N) is 1. The van der Waals surface area contributed by atoms with E-state index in [2.05, 4.69) is 10.00 Å². The van der Waals surface area contributed by atoms with E-state index in [1.54, 1.807) is 4.68 Å². The summed E-state index contributed by atoms with van der Waals surface area (Å²) >= 11 is 0. The van der Waals surface area contributed by atoms with E-state index in [9.17, 15) is 5.11 Å². The smallest absolute Gasteiger partial charge is 0.0862 e. The third kappa shape index (κ3) is 3.68. The van der Waals surface area contributed by atoms with E-state index in [4.69, 9.17) is 10.5 Å². The Bertz CT molecular complexity index is 411. The molecule has 6 heteroatoms. The molecule has 2 rings (SSSR count). The standard InChI is InChI=1S/C13H24N4O2/c1-10-13(14)11(2)17(15-10)9-12(18)8-16-4-3-6-19-7-5-16/h12,18H,3-9,14H2,1-2H3. The molecule has 2 heterocycles. The number of ether oxygens (including phenoxy) is 1. The van der Waals surface area contributed by atoms with Crippen molar-refractivity contribution in [3.63, 3.8) is 0 Å². The van der Waals surface area contributed by atoms with Crippen LogP contribution in [-0.2, 0) is 11.3 Å². The average molecular weight is 268 g/mol. The van der Waals surface area contributed by atoms with Gasteiger partial charge in [0.25, 0.3) is 0 Å². The summed E-state index contributed by atoms with van der Waals surface area (Å²) < 4.78 is 7.20. The summed E-state index contributed by atoms with van der Waals surface area (Å²) in [6, 6.07) is 0. The van der Waals surface area contributed by atoms with E-state index in [1.807, 2.05) is 13.8 Å². The summed E-state index contributed by atoms with van der Waals surface area (Å²) in [5, 5.41) is 14.5. The summed E-state index contributed by atoms with van der Waals surface area (Å²) in [5.74, 6) is 0. The Morgan fingerprint density at radius 2 is 2.11 bits per heavy atom. The van der Waals surface area contributed by atoms with Gasteiger partial charge in [-0.15, -0.1) is 0 Å². The summed E-state index contributed by atoms with van der Waals surface area (Å²) in [4.78, 5) is 2.24. The number of nitrogen functional groups attached to an aromatic ring is 1. The number of rotatable bonds is 4. The van der Waals surface area contributed by atoms with E-state index in [0.717, 1.165) is 49.8 Å². The first kappa shape index (κ1) is 14.3. The Hall–Kier alpha value is -1.11. The normalized spacial score (nSPS) is 19.3. The van der Waals surface area contributed by atoms with Crippen molar-refractivity contribution in [1.29, 1.82) is 0 Å². The lowest BCUT2D eigenvalue weighted by Crippen LogP contribution is -2.36. The van der Waals surface area contributed by atoms with E-state index in [-0.39, 0.29) is 0 Å². The maximum absolute atomic E-state index is 10.2. The van der Waals surface area contributed by atoms with Crippen molar-refractivity contribution in [1.82, 2.24) is 14.7 Å². The first-order valence-corrected chi connectivity index (χ1v) is 6.85. The molecule has 1 aliphatic rings. The number of nitrogens with zero attached hydrogens (tertiary/aromatic N) is 3. The fraction of sp³-hybridized carbons (Fsp3) is 0.769. The van der Waals surface area contributed by atoms with E-state index in [0.29, 0.717) is 13.1 Å². The molecule has 1 unspecified atom stereocenters. The Morgan fingerprint density at radius 3 is 2.79 bits per heavy atom. The molecule has 1 fully saturated rings. The van der Waals surface area contributed by atoms with Crippen LogP contribution in [0, 0.1) is 13.8 Å². The van der Waals surface area contributed by atoms with Crippen LogP contribution in [0.5, 0.6) is 0 Å². The number of aliphatic hydroxyl groups is 1. The lowest BCUT2D eigenvalue weighted by atomic mass is 10.3. The van der Waals surface area contributed by atoms with Gasteiger partial charge < -0.3 is 15.6 Å². The molecule has 0 aliphatic carbocycles. The van der Waals surface area contributed by atoms with E-state index < -0.39 is 6.10 Å². The second-order valence-corrected chi connectivity index (χ2v) is 5.19. The van der Waals surface area contributed by atoms with Gasteiger partial charge in [0.05, 0.1) is 36.3 Å². The van der Waals surface area contributed by atoms with Crippen LogP contribution in [0.3, 0.4) is 0 Å². The molecule has 1 atom stereocenters. The summed E-state index contributed by atoms with van der Waals surface area (Å²) in [6.45, 7) is 8.40. The molecule has 0 aromatic carbocycles. The second-order valence-electron chi connectivity index (χ2n) is 5.19. The molecule has 1 aromatic heterocycles. The van der Waals surface area contributed by atoms with Crippen molar-refractivity contribution in [2.24, 2.45) is 0 Å². The third-order valence-electron chi connectivity index (χ3n) is 3.60. The number of β-amino-alcohol motifs (C(OH)–C–C–N with tert-alkyl or cyclic N) is 1. The van der Waals surface area contributed by atoms with Crippen LogP contribution in [0.1, 0.15) is 17.8 Å². The highest BCUT2D eigenvalue weighted by Crippen LogP contribution is 2.15. The topological polar surface area (TPSA) is 76.5 Å². The Kier molecular flexibility index (Phi) is 4.79. The first-order chi connectivity index (χ1) is 9.08. The van der Waals surface area contributed by atoms with Crippen molar-refractivity contribution in [3.8, 4) is 0 Å². The van der Waals surface area contributed by atoms with Crippen molar-refractivity contribution < 1.29 is 9.84 Å². The van der Waals surface area contributed by atoms with Gasteiger partial charge in [-0.05, 0) is 20.3 Å². The molecule has 0 amide bonds. The molecular weight excluding hydrogens is 244 g/mol. The number of hydrogen-bond donors (Lipinski definition) is 2. The fourth-order valence-corrected chi connectivity index (χ4v) is 2.42. The van der Waals surface area contributed by atoms with Gasteiger partial charge >= 0.3 is 0 Å². The lowest BCUT2D eigenvalue weighted by molar-refractivity contribution is 0.0889. The molecule has 1 aliphatic heterocycles. The number of hydrogen-bond acceptors (Lipinski definition) is 5. The van der Waals surface area contributed by atoms with Crippen LogP contribution in [0.25, 0.3) is 0 Å². The zero-order valence-electron chi connectivity index (χ0n) is 11.8. The Labute approximate surface area is 114 Å². The van der Waals surface area contributed by atoms with Crippen LogP contribution in [0.2, 0.25) is 0 Å². The van der Waals surface area contributed by atoms with Gasteiger partial charge in [-0.25, -0.2) is 0 Å². The maximum atomic E-state index is 10.2. The molecule has 0 bridgehead atoms. The van der Waals surface area contributed by atoms with Gasteiger partial charge in [0.15, 0.2) is 0 Å². The highest BCUT2D eigenvalue weighted by atomic mass is 16.5. The highest BCUT2D eigenvalue weighted by Gasteiger charge is 2.16. The van der Waals surface area contributed by atoms with Crippen molar-refractivity contribution >= 4 is 5.69 Å². The molecule has 0 spiro atoms. The summed E-state index contributed by atoms with van der Waals surface area (Å²) in [5.41, 5.74) is 8.36. The number of aryl methyl sites for hydroxylation is 1. The summed E-state index contributed by atoms with van der Waals surface area (Å²) in [7, 11) is 0. The predicted molar refractivity (Wildman–Crippen MR) is 74.0 cm³/mol. The SMILES string of the molecule is Cc1nn(CC(O)CN2CCCOCC2)c(C)c1N. The molecule has 3 N–H and O–H groups in total. The van der Waals surface area contributed by atoms with Crippen LogP contribution in [-0.4, -0.2) is 58.7 Å². The van der Waals surface area contributed by atoms with Crippen LogP contribution in [0.15, 0.2) is 0 Å². The quantitative estimate of drug-likeness (QED) is 0.814. The molecule has 0 saturated carbocycles. The van der Waals surface area contributed by atoms with Gasteiger partial charge in [0, 0.05) is 26.2 Å². The maximum Gasteiger partial charge on any atom is 0.0862 e. The summed E-state index contributed by atoms with van der Waals surface area (Å²) in [6.07, 6.45) is 0.593. The van der Waals surface area contributed by atoms with Gasteiger partial charge in [-0.2, -0.15) is 5.10 Å². The van der Waals surface area contributed by atoms with Crippen LogP contribution >= 0.6 is 0 Å². The highest BCUT2D eigenvalue weighted by molar-refractivity contribution is 5.46. The van der Waals surface area contributed by atoms with Gasteiger partial charge in [0.1, 0.15) is 0 Å². The zero-order chi connectivity index (χ0) is 13.8. The van der Waals surface area contributed by atoms with Crippen molar-refractivity contribution in [3.05, 3.63) is 11.4 Å². The zero-order valence-corrected chi connectivity index (χ0v) is 11.8. The molecule has 1 saturated heterocycles. The number of aromatic nitrogens is 2. The minimum Gasteiger partial charge on any atom is -0.396 e. The largest absolute Gasteiger partial charge is 0.396 e. The first-order valence-electron chi connectivity index (χ1n) is 6.85. The molecule has 1 aromatic rings. The molecule has 6 nitrogen and oxygen atoms in total. The second kappa shape index (κ2) is 6.36. The molecular formula is C13H24N4O2. The molecule has 19 heavy (non-hydrogen) atoms. The van der Waals surface area contributed by atoms with E-state index >= 15 is 0 Å². The molecule has 0 radical (unpaired) electrons. The predicted octanol–water partition coefficient (Wildman–Crippen LogP) is 0.165. The Morgan fingerprint density at radius 1 is 1.32 bits per heavy atom. The van der Waals surface area contributed by atoms with E-state index in [1.165, 1.54) is 0 Å². The average Bonchev–Trinajstić information content (AvgIpc) is 2.61. The van der Waals surface area contributed by atoms with Gasteiger partial charge in [-0.1, -0.05) is 0 Å². The van der Waals surface area contributed by atoms with Crippen LogP contribution < -0.4 is 5.73 Å². The van der Waals surface area contributed by atoms with Gasteiger partial charge in [0.2, 0.25) is 0 Å². The Balaban J connectivity index is 1.89. The van der Waals surface area contributed by atoms with Crippen molar-refractivity contribution in [2.75, 3.05) is 38.6 Å². The minimum absolute atomic E-state index is 0.435. The van der Waals surface area contributed by atoms with Gasteiger partial charge in [-0.3, -0.25) is 9.58 Å². The molecule has 108 valence electrons. The van der Waals surface area contributed by atoms with Crippen LogP contribution in [0.4, 0.5) is 5.69 Å². The monoisotopic (exact) mass is 268 g/mol. The number of anilines is 1. The fourth-order valence-electron chi connectivity index (χ4n) is 2.42.